The minimum atomic E-state index is -0.553. The van der Waals surface area contributed by atoms with Crippen LogP contribution in [-0.4, -0.2) is 24.2 Å². The standard InChI is InChI=1S/C22H14ClNO5S/c1-28-21(26)16-11-13(7-9-17(16)23)18-10-8-15(29-18)12-19-20(25)24(22(27)30-19)14-5-3-2-4-6-14/h2-12H,1H3/b19-12-. The summed E-state index contributed by atoms with van der Waals surface area (Å²) in [6.45, 7) is 0. The molecular weight excluding hydrogens is 426 g/mol. The first kappa shape index (κ1) is 20.0. The van der Waals surface area contributed by atoms with Crippen LogP contribution in [0.2, 0.25) is 5.02 Å². The van der Waals surface area contributed by atoms with E-state index in [-0.39, 0.29) is 20.7 Å². The number of imide groups is 1. The summed E-state index contributed by atoms with van der Waals surface area (Å²) in [6.07, 6.45) is 1.52. The largest absolute Gasteiger partial charge is 0.465 e. The van der Waals surface area contributed by atoms with Crippen LogP contribution in [-0.2, 0) is 9.53 Å². The molecule has 0 atom stereocenters. The van der Waals surface area contributed by atoms with Gasteiger partial charge in [0.2, 0.25) is 0 Å². The highest BCUT2D eigenvalue weighted by Gasteiger charge is 2.36. The van der Waals surface area contributed by atoms with E-state index in [1.807, 2.05) is 6.07 Å². The Labute approximate surface area is 181 Å². The van der Waals surface area contributed by atoms with Crippen molar-refractivity contribution in [2.24, 2.45) is 0 Å². The lowest BCUT2D eigenvalue weighted by molar-refractivity contribution is -0.113. The van der Waals surface area contributed by atoms with E-state index in [0.717, 1.165) is 16.7 Å². The van der Waals surface area contributed by atoms with E-state index >= 15 is 0 Å². The number of hydrogen-bond acceptors (Lipinski definition) is 6. The molecule has 0 bridgehead atoms. The highest BCUT2D eigenvalue weighted by atomic mass is 35.5. The van der Waals surface area contributed by atoms with E-state index in [9.17, 15) is 14.4 Å². The molecule has 1 aliphatic heterocycles. The molecule has 1 aromatic heterocycles. The number of benzene rings is 2. The third kappa shape index (κ3) is 3.77. The van der Waals surface area contributed by atoms with Gasteiger partial charge in [0.05, 0.1) is 28.3 Å². The van der Waals surface area contributed by atoms with Crippen LogP contribution in [0.3, 0.4) is 0 Å². The average molecular weight is 440 g/mol. The monoisotopic (exact) mass is 439 g/mol. The fraction of sp³-hybridized carbons (Fsp3) is 0.0455. The number of amides is 2. The third-order valence-corrected chi connectivity index (χ3v) is 5.56. The number of ether oxygens (including phenoxy) is 1. The Hall–Kier alpha value is -3.29. The van der Waals surface area contributed by atoms with Crippen LogP contribution in [0, 0.1) is 0 Å². The first-order chi connectivity index (χ1) is 14.5. The van der Waals surface area contributed by atoms with Crippen molar-refractivity contribution in [2.45, 2.75) is 0 Å². The van der Waals surface area contributed by atoms with E-state index in [2.05, 4.69) is 0 Å². The van der Waals surface area contributed by atoms with Crippen LogP contribution in [0.1, 0.15) is 16.1 Å². The molecular formula is C22H14ClNO5S. The third-order valence-electron chi connectivity index (χ3n) is 4.36. The quantitative estimate of drug-likeness (QED) is 0.387. The summed E-state index contributed by atoms with van der Waals surface area (Å²) in [5.74, 6) is -0.0830. The molecule has 2 aromatic carbocycles. The van der Waals surface area contributed by atoms with Gasteiger partial charge in [0, 0.05) is 11.6 Å². The molecule has 8 heteroatoms. The van der Waals surface area contributed by atoms with Crippen LogP contribution < -0.4 is 4.90 Å². The lowest BCUT2D eigenvalue weighted by atomic mass is 10.1. The Morgan fingerprint density at radius 3 is 2.60 bits per heavy atom. The smallest absolute Gasteiger partial charge is 0.339 e. The van der Waals surface area contributed by atoms with Crippen LogP contribution >= 0.6 is 23.4 Å². The summed E-state index contributed by atoms with van der Waals surface area (Å²) in [5.41, 5.74) is 1.36. The number of furan rings is 1. The summed E-state index contributed by atoms with van der Waals surface area (Å²) in [7, 11) is 1.28. The van der Waals surface area contributed by atoms with Crippen LogP contribution in [0.4, 0.5) is 10.5 Å². The van der Waals surface area contributed by atoms with Crippen molar-refractivity contribution in [1.29, 1.82) is 0 Å². The number of carbonyl (C=O) groups excluding carboxylic acids is 3. The van der Waals surface area contributed by atoms with E-state index in [4.69, 9.17) is 20.8 Å². The molecule has 0 unspecified atom stereocenters. The summed E-state index contributed by atoms with van der Waals surface area (Å²) in [4.78, 5) is 38.2. The normalized spacial score (nSPS) is 15.1. The predicted octanol–water partition coefficient (Wildman–Crippen LogP) is 5.63. The number of hydrogen-bond donors (Lipinski definition) is 0. The first-order valence-corrected chi connectivity index (χ1v) is 9.98. The molecule has 1 aliphatic rings. The maximum absolute atomic E-state index is 12.7. The number of para-hydroxylation sites is 1. The van der Waals surface area contributed by atoms with Crippen molar-refractivity contribution in [3.05, 3.63) is 81.9 Å². The lowest BCUT2D eigenvalue weighted by Gasteiger charge is -2.11. The topological polar surface area (TPSA) is 76.8 Å². The number of nitrogens with zero attached hydrogens (tertiary/aromatic N) is 1. The summed E-state index contributed by atoms with van der Waals surface area (Å²) in [5, 5.41) is -0.100. The minimum absolute atomic E-state index is 0.221. The first-order valence-electron chi connectivity index (χ1n) is 8.79. The molecule has 150 valence electrons. The van der Waals surface area contributed by atoms with Crippen molar-refractivity contribution in [1.82, 2.24) is 0 Å². The van der Waals surface area contributed by atoms with Gasteiger partial charge in [0.1, 0.15) is 11.5 Å². The molecule has 0 saturated carbocycles. The SMILES string of the molecule is COC(=O)c1cc(-c2ccc(/C=C3\SC(=O)N(c4ccccc4)C3=O)o2)ccc1Cl. The number of anilines is 1. The number of rotatable bonds is 4. The highest BCUT2D eigenvalue weighted by Crippen LogP contribution is 2.36. The van der Waals surface area contributed by atoms with E-state index in [1.54, 1.807) is 54.6 Å². The Bertz CT molecular complexity index is 1190. The Morgan fingerprint density at radius 1 is 1.10 bits per heavy atom. The molecule has 0 N–H and O–H groups in total. The van der Waals surface area contributed by atoms with E-state index in [0.29, 0.717) is 22.8 Å². The Morgan fingerprint density at radius 2 is 1.87 bits per heavy atom. The Balaban J connectivity index is 1.61. The fourth-order valence-corrected chi connectivity index (χ4v) is 3.94. The highest BCUT2D eigenvalue weighted by molar-refractivity contribution is 8.19. The van der Waals surface area contributed by atoms with Crippen molar-refractivity contribution in [3.8, 4) is 11.3 Å². The molecule has 4 rings (SSSR count). The molecule has 30 heavy (non-hydrogen) atoms. The van der Waals surface area contributed by atoms with Gasteiger partial charge in [-0.25, -0.2) is 9.69 Å². The Kier molecular flexibility index (Phi) is 5.48. The van der Waals surface area contributed by atoms with Gasteiger partial charge in [-0.05, 0) is 54.2 Å². The number of thioether (sulfide) groups is 1. The summed E-state index contributed by atoms with van der Waals surface area (Å²) < 4.78 is 10.5. The van der Waals surface area contributed by atoms with Crippen LogP contribution in [0.5, 0.6) is 0 Å². The van der Waals surface area contributed by atoms with E-state index < -0.39 is 11.9 Å². The van der Waals surface area contributed by atoms with Crippen LogP contribution in [0.15, 0.2) is 70.0 Å². The second-order valence-corrected chi connectivity index (χ2v) is 7.64. The molecule has 1 saturated heterocycles. The molecule has 3 aromatic rings. The molecule has 2 heterocycles. The molecule has 0 aliphatic carbocycles. The van der Waals surface area contributed by atoms with Crippen molar-refractivity contribution < 1.29 is 23.5 Å². The van der Waals surface area contributed by atoms with Gasteiger partial charge in [-0.1, -0.05) is 29.8 Å². The van der Waals surface area contributed by atoms with Crippen LogP contribution in [0.25, 0.3) is 17.4 Å². The average Bonchev–Trinajstić information content (AvgIpc) is 3.33. The summed E-state index contributed by atoms with van der Waals surface area (Å²) >= 11 is 6.90. The lowest BCUT2D eigenvalue weighted by Crippen LogP contribution is -2.27. The van der Waals surface area contributed by atoms with E-state index in [1.165, 1.54) is 13.2 Å². The number of methoxy groups -OCH3 is 1. The predicted molar refractivity (Wildman–Crippen MR) is 115 cm³/mol. The van der Waals surface area contributed by atoms with Crippen molar-refractivity contribution >= 4 is 52.2 Å². The molecule has 1 fully saturated rings. The zero-order chi connectivity index (χ0) is 21.3. The van der Waals surface area contributed by atoms with Crippen molar-refractivity contribution in [2.75, 3.05) is 12.0 Å². The van der Waals surface area contributed by atoms with Gasteiger partial charge >= 0.3 is 5.97 Å². The molecule has 2 amide bonds. The van der Waals surface area contributed by atoms with Gasteiger partial charge in [-0.2, -0.15) is 0 Å². The maximum Gasteiger partial charge on any atom is 0.339 e. The number of carbonyl (C=O) groups is 3. The molecule has 0 spiro atoms. The van der Waals surface area contributed by atoms with Gasteiger partial charge in [0.15, 0.2) is 0 Å². The zero-order valence-corrected chi connectivity index (χ0v) is 17.2. The molecule has 0 radical (unpaired) electrons. The van der Waals surface area contributed by atoms with Gasteiger partial charge in [-0.15, -0.1) is 0 Å². The van der Waals surface area contributed by atoms with Gasteiger partial charge in [0.25, 0.3) is 11.1 Å². The number of halogens is 1. The second-order valence-electron chi connectivity index (χ2n) is 6.24. The minimum Gasteiger partial charge on any atom is -0.465 e. The fourth-order valence-electron chi connectivity index (χ4n) is 2.93. The zero-order valence-electron chi connectivity index (χ0n) is 15.6. The maximum atomic E-state index is 12.7. The molecule has 6 nitrogen and oxygen atoms in total. The van der Waals surface area contributed by atoms with Crippen molar-refractivity contribution in [3.63, 3.8) is 0 Å². The van der Waals surface area contributed by atoms with Gasteiger partial charge in [-0.3, -0.25) is 9.59 Å². The number of esters is 1. The summed E-state index contributed by atoms with van der Waals surface area (Å²) in [6, 6.07) is 17.0. The second kappa shape index (κ2) is 8.22. The van der Waals surface area contributed by atoms with Gasteiger partial charge < -0.3 is 9.15 Å².